The molecule has 0 aliphatic rings. The van der Waals surface area contributed by atoms with Crippen molar-refractivity contribution in [1.82, 2.24) is 10.3 Å². The molecule has 0 aliphatic carbocycles. The molecule has 4 nitrogen and oxygen atoms in total. The molecule has 0 fully saturated rings. The Bertz CT molecular complexity index is 1280. The molecule has 0 radical (unpaired) electrons. The standard InChI is InChI=1S/C30H30F2N2O2.C2H6/c1-29(31,32)24-12-9-13-25(19-24)30(28-14-7-8-17-33-28,20-22-10-5-4-6-11-22)34-21-23-15-16-26(35-2)27(18-23)36-3;1-2/h4-19,34H,20-21H2,1-3H3;1-2H3. The van der Waals surface area contributed by atoms with Gasteiger partial charge >= 0.3 is 0 Å². The lowest BCUT2D eigenvalue weighted by atomic mass is 9.79. The van der Waals surface area contributed by atoms with Crippen LogP contribution in [0.15, 0.2) is 97.2 Å². The van der Waals surface area contributed by atoms with Crippen LogP contribution in [0.5, 0.6) is 11.5 Å². The van der Waals surface area contributed by atoms with Gasteiger partial charge < -0.3 is 9.47 Å². The zero-order valence-electron chi connectivity index (χ0n) is 22.7. The Morgan fingerprint density at radius 3 is 2.05 bits per heavy atom. The third-order valence-electron chi connectivity index (χ3n) is 6.32. The number of nitrogens with one attached hydrogen (secondary N) is 1. The van der Waals surface area contributed by atoms with Crippen LogP contribution in [0.25, 0.3) is 0 Å². The highest BCUT2D eigenvalue weighted by molar-refractivity contribution is 5.44. The fourth-order valence-corrected chi connectivity index (χ4v) is 4.41. The molecular formula is C32H36F2N2O2. The van der Waals surface area contributed by atoms with Crippen LogP contribution >= 0.6 is 0 Å². The molecule has 6 heteroatoms. The average molecular weight is 519 g/mol. The minimum Gasteiger partial charge on any atom is -0.493 e. The van der Waals surface area contributed by atoms with Crippen LogP contribution in [-0.4, -0.2) is 19.2 Å². The second-order valence-corrected chi connectivity index (χ2v) is 8.79. The first kappa shape index (κ1) is 28.8. The zero-order valence-corrected chi connectivity index (χ0v) is 22.7. The summed E-state index contributed by atoms with van der Waals surface area (Å²) in [7, 11) is 3.19. The molecule has 200 valence electrons. The molecule has 38 heavy (non-hydrogen) atoms. The highest BCUT2D eigenvalue weighted by Gasteiger charge is 2.37. The number of hydrogen-bond acceptors (Lipinski definition) is 4. The van der Waals surface area contributed by atoms with Crippen LogP contribution in [0.2, 0.25) is 0 Å². The Morgan fingerprint density at radius 2 is 1.42 bits per heavy atom. The fraction of sp³-hybridized carbons (Fsp3) is 0.281. The number of aromatic nitrogens is 1. The first-order chi connectivity index (χ1) is 18.4. The molecule has 4 rings (SSSR count). The largest absolute Gasteiger partial charge is 0.493 e. The number of pyridine rings is 1. The van der Waals surface area contributed by atoms with E-state index in [1.807, 2.05) is 86.6 Å². The van der Waals surface area contributed by atoms with Gasteiger partial charge in [-0.1, -0.05) is 74.5 Å². The van der Waals surface area contributed by atoms with E-state index in [9.17, 15) is 8.78 Å². The molecule has 4 aromatic rings. The van der Waals surface area contributed by atoms with Crippen molar-refractivity contribution in [3.05, 3.63) is 125 Å². The van der Waals surface area contributed by atoms with Crippen molar-refractivity contribution in [3.63, 3.8) is 0 Å². The molecule has 1 unspecified atom stereocenters. The van der Waals surface area contributed by atoms with E-state index in [2.05, 4.69) is 5.32 Å². The second-order valence-electron chi connectivity index (χ2n) is 8.79. The predicted octanol–water partition coefficient (Wildman–Crippen LogP) is 7.51. The maximum Gasteiger partial charge on any atom is 0.270 e. The first-order valence-electron chi connectivity index (χ1n) is 12.8. The van der Waals surface area contributed by atoms with Gasteiger partial charge in [-0.2, -0.15) is 0 Å². The van der Waals surface area contributed by atoms with Crippen molar-refractivity contribution in [2.45, 2.75) is 45.2 Å². The van der Waals surface area contributed by atoms with Crippen LogP contribution in [-0.2, 0) is 24.4 Å². The Morgan fingerprint density at radius 1 is 0.737 bits per heavy atom. The summed E-state index contributed by atoms with van der Waals surface area (Å²) in [6, 6.07) is 28.0. The topological polar surface area (TPSA) is 43.4 Å². The van der Waals surface area contributed by atoms with Gasteiger partial charge in [0.2, 0.25) is 0 Å². The normalized spacial score (nSPS) is 12.6. The SMILES string of the molecule is CC.COc1ccc(CNC(Cc2ccccc2)(c2cccc(C(C)(F)F)c2)c2ccccn2)cc1OC. The first-order valence-corrected chi connectivity index (χ1v) is 12.8. The van der Waals surface area contributed by atoms with Crippen molar-refractivity contribution in [1.29, 1.82) is 0 Å². The average Bonchev–Trinajstić information content (AvgIpc) is 2.96. The summed E-state index contributed by atoms with van der Waals surface area (Å²) in [4.78, 5) is 4.69. The van der Waals surface area contributed by atoms with E-state index in [1.54, 1.807) is 32.5 Å². The van der Waals surface area contributed by atoms with Crippen molar-refractivity contribution in [2.24, 2.45) is 0 Å². The Balaban J connectivity index is 0.00000195. The predicted molar refractivity (Wildman–Crippen MR) is 149 cm³/mol. The van der Waals surface area contributed by atoms with Gasteiger partial charge in [0.1, 0.15) is 0 Å². The van der Waals surface area contributed by atoms with E-state index in [-0.39, 0.29) is 5.56 Å². The highest BCUT2D eigenvalue weighted by Crippen LogP contribution is 2.37. The number of nitrogens with zero attached hydrogens (tertiary/aromatic N) is 1. The molecule has 0 spiro atoms. The number of rotatable bonds is 10. The number of alkyl halides is 2. The Kier molecular flexibility index (Phi) is 9.97. The molecule has 0 saturated heterocycles. The Labute approximate surface area is 224 Å². The van der Waals surface area contributed by atoms with E-state index in [0.29, 0.717) is 30.0 Å². The third kappa shape index (κ3) is 6.75. The number of hydrogen-bond donors (Lipinski definition) is 1. The lowest BCUT2D eigenvalue weighted by Crippen LogP contribution is -2.46. The highest BCUT2D eigenvalue weighted by atomic mass is 19.3. The van der Waals surface area contributed by atoms with Gasteiger partial charge in [-0.05, 0) is 47.0 Å². The van der Waals surface area contributed by atoms with Gasteiger partial charge in [-0.3, -0.25) is 10.3 Å². The molecule has 1 atom stereocenters. The van der Waals surface area contributed by atoms with E-state index in [4.69, 9.17) is 14.5 Å². The van der Waals surface area contributed by atoms with Gasteiger partial charge in [-0.15, -0.1) is 0 Å². The summed E-state index contributed by atoms with van der Waals surface area (Å²) in [5.74, 6) is -1.71. The minimum atomic E-state index is -2.97. The quantitative estimate of drug-likeness (QED) is 0.236. The Hall–Kier alpha value is -3.77. The molecule has 1 heterocycles. The lowest BCUT2D eigenvalue weighted by molar-refractivity contribution is 0.0173. The summed E-state index contributed by atoms with van der Waals surface area (Å²) in [5.41, 5.74) is 2.54. The van der Waals surface area contributed by atoms with E-state index >= 15 is 0 Å². The van der Waals surface area contributed by atoms with Crippen LogP contribution in [0.4, 0.5) is 8.78 Å². The fourth-order valence-electron chi connectivity index (χ4n) is 4.41. The molecule has 0 amide bonds. The maximum atomic E-state index is 14.4. The molecule has 0 saturated carbocycles. The molecule has 1 aromatic heterocycles. The van der Waals surface area contributed by atoms with Crippen LogP contribution in [0.3, 0.4) is 0 Å². The minimum absolute atomic E-state index is 0.0405. The smallest absolute Gasteiger partial charge is 0.270 e. The number of methoxy groups -OCH3 is 2. The third-order valence-corrected chi connectivity index (χ3v) is 6.32. The molecule has 0 aliphatic heterocycles. The van der Waals surface area contributed by atoms with Crippen LogP contribution < -0.4 is 14.8 Å². The van der Waals surface area contributed by atoms with Crippen molar-refractivity contribution in [2.75, 3.05) is 14.2 Å². The van der Waals surface area contributed by atoms with Crippen LogP contribution in [0.1, 0.15) is 48.7 Å². The summed E-state index contributed by atoms with van der Waals surface area (Å²) < 4.78 is 39.6. The molecule has 1 N–H and O–H groups in total. The van der Waals surface area contributed by atoms with E-state index in [0.717, 1.165) is 23.7 Å². The number of benzene rings is 3. The van der Waals surface area contributed by atoms with Gasteiger partial charge in [0.15, 0.2) is 11.5 Å². The second kappa shape index (κ2) is 13.2. The van der Waals surface area contributed by atoms with E-state index in [1.165, 1.54) is 6.07 Å². The lowest BCUT2D eigenvalue weighted by Gasteiger charge is -2.36. The summed E-state index contributed by atoms with van der Waals surface area (Å²) in [5, 5.41) is 3.69. The summed E-state index contributed by atoms with van der Waals surface area (Å²) >= 11 is 0. The summed E-state index contributed by atoms with van der Waals surface area (Å²) in [6.07, 6.45) is 2.24. The van der Waals surface area contributed by atoms with Gasteiger partial charge in [0, 0.05) is 31.6 Å². The number of halogens is 2. The van der Waals surface area contributed by atoms with Gasteiger partial charge in [0.05, 0.1) is 25.5 Å². The van der Waals surface area contributed by atoms with Crippen molar-refractivity contribution in [3.8, 4) is 11.5 Å². The number of ether oxygens (including phenoxy) is 2. The van der Waals surface area contributed by atoms with Gasteiger partial charge in [-0.25, -0.2) is 8.78 Å². The molecular weight excluding hydrogens is 482 g/mol. The van der Waals surface area contributed by atoms with E-state index < -0.39 is 11.5 Å². The van der Waals surface area contributed by atoms with Gasteiger partial charge in [0.25, 0.3) is 5.92 Å². The summed E-state index contributed by atoms with van der Waals surface area (Å²) in [6.45, 7) is 5.36. The maximum absolute atomic E-state index is 14.4. The monoisotopic (exact) mass is 518 g/mol. The molecule has 0 bridgehead atoms. The van der Waals surface area contributed by atoms with Crippen LogP contribution in [0, 0.1) is 0 Å². The van der Waals surface area contributed by atoms with Crippen molar-refractivity contribution >= 4 is 0 Å². The zero-order chi connectivity index (χ0) is 27.6. The van der Waals surface area contributed by atoms with Crippen molar-refractivity contribution < 1.29 is 18.3 Å². The molecule has 3 aromatic carbocycles.